The van der Waals surface area contributed by atoms with Crippen molar-refractivity contribution in [2.45, 2.75) is 114 Å². The average molecular weight is 795 g/mol. The van der Waals surface area contributed by atoms with Crippen LogP contribution in [0.4, 0.5) is 0 Å². The molecule has 0 aromatic heterocycles. The molecule has 0 bridgehead atoms. The summed E-state index contributed by atoms with van der Waals surface area (Å²) in [6, 6.07) is 21.3. The largest absolute Gasteiger partial charge is 2.00 e. The van der Waals surface area contributed by atoms with Crippen molar-refractivity contribution in [2.75, 3.05) is 0 Å². The van der Waals surface area contributed by atoms with Gasteiger partial charge in [-0.15, -0.1) is 0 Å². The number of ether oxygens (including phenoxy) is 2. The van der Waals surface area contributed by atoms with Crippen molar-refractivity contribution >= 4 is 58.0 Å². The normalized spacial score (nSPS) is 11.2. The summed E-state index contributed by atoms with van der Waals surface area (Å²) in [6.07, 6.45) is 15.9. The molecule has 0 saturated carbocycles. The Kier molecular flexibility index (Phi) is 20.8. The molecule has 0 aliphatic heterocycles. The van der Waals surface area contributed by atoms with E-state index < -0.39 is 30.9 Å². The summed E-state index contributed by atoms with van der Waals surface area (Å²) < 4.78 is 76.6. The maximum Gasteiger partial charge on any atom is 2.00 e. The first kappa shape index (κ1) is 46.3. The number of phenols is 1. The molecule has 0 heterocycles. The summed E-state index contributed by atoms with van der Waals surface area (Å²) in [5, 5.41) is 21.9. The van der Waals surface area contributed by atoms with Crippen LogP contribution in [0.5, 0.6) is 34.5 Å². The Hall–Kier alpha value is -2.84. The Bertz CT molecular complexity index is 1780. The molecule has 0 atom stereocenters. The molecule has 0 saturated heterocycles. The molecule has 4 aromatic carbocycles. The van der Waals surface area contributed by atoms with Crippen LogP contribution in [0.1, 0.15) is 102 Å². The molecule has 0 radical (unpaired) electrons. The molecular formula is C40H50CaO10S2. The summed E-state index contributed by atoms with van der Waals surface area (Å²) in [7, 11) is -9.00. The van der Waals surface area contributed by atoms with E-state index in [1.165, 1.54) is 57.4 Å². The molecule has 0 fully saturated rings. The van der Waals surface area contributed by atoms with E-state index in [4.69, 9.17) is 14.0 Å². The van der Waals surface area contributed by atoms with E-state index in [9.17, 15) is 31.6 Å². The van der Waals surface area contributed by atoms with Crippen LogP contribution < -0.4 is 14.6 Å². The van der Waals surface area contributed by atoms with Gasteiger partial charge in [0.25, 0.3) is 10.1 Å². The molecule has 284 valence electrons. The van der Waals surface area contributed by atoms with Crippen molar-refractivity contribution < 1.29 is 45.6 Å². The number of aryl methyl sites for hydroxylation is 2. The van der Waals surface area contributed by atoms with Crippen molar-refractivity contribution in [3.8, 4) is 34.5 Å². The van der Waals surface area contributed by atoms with Gasteiger partial charge in [-0.2, -0.15) is 8.42 Å². The van der Waals surface area contributed by atoms with Crippen LogP contribution in [0.3, 0.4) is 0 Å². The third-order valence-electron chi connectivity index (χ3n) is 8.42. The summed E-state index contributed by atoms with van der Waals surface area (Å²) in [6.45, 7) is 4.38. The van der Waals surface area contributed by atoms with E-state index in [0.717, 1.165) is 80.0 Å². The maximum absolute atomic E-state index is 12.0. The predicted molar refractivity (Wildman–Crippen MR) is 205 cm³/mol. The minimum absolute atomic E-state index is 0. The van der Waals surface area contributed by atoms with Gasteiger partial charge in [-0.25, -0.2) is 8.42 Å². The van der Waals surface area contributed by atoms with Crippen LogP contribution in [0.25, 0.3) is 0 Å². The average Bonchev–Trinajstić information content (AvgIpc) is 3.10. The summed E-state index contributed by atoms with van der Waals surface area (Å²) >= 11 is 0. The first-order valence-corrected chi connectivity index (χ1v) is 20.8. The number of hydrogen-bond acceptors (Lipinski definition) is 9. The monoisotopic (exact) mass is 794 g/mol. The van der Waals surface area contributed by atoms with E-state index in [0.29, 0.717) is 11.5 Å². The number of rotatable bonds is 20. The number of para-hydroxylation sites is 2. The molecule has 0 unspecified atom stereocenters. The SMILES string of the molecule is CCCCCCCCc1ccccc1Oc1cc(S(=O)(=O)O)ccc1O.CCCCCCCCc1ccccc1Oc1cc(S(=O)(=O)[O-])ccc1[O-].[Ca+2]. The van der Waals surface area contributed by atoms with Crippen LogP contribution in [0.2, 0.25) is 0 Å². The first-order valence-electron chi connectivity index (χ1n) is 17.9. The summed E-state index contributed by atoms with van der Waals surface area (Å²) in [5.74, 6) is 0.272. The van der Waals surface area contributed by atoms with Crippen LogP contribution in [-0.4, -0.2) is 68.8 Å². The van der Waals surface area contributed by atoms with E-state index >= 15 is 0 Å². The maximum atomic E-state index is 12.0. The molecule has 2 N–H and O–H groups in total. The van der Waals surface area contributed by atoms with E-state index in [1.807, 2.05) is 30.3 Å². The molecule has 10 nitrogen and oxygen atoms in total. The predicted octanol–water partition coefficient (Wildman–Crippen LogP) is 9.31. The topological polar surface area (TPSA) is 173 Å². The molecule has 4 rings (SSSR count). The molecule has 13 heteroatoms. The van der Waals surface area contributed by atoms with Gasteiger partial charge >= 0.3 is 37.7 Å². The van der Waals surface area contributed by atoms with Crippen LogP contribution in [0.15, 0.2) is 94.7 Å². The van der Waals surface area contributed by atoms with Crippen molar-refractivity contribution in [3.05, 3.63) is 96.1 Å². The number of aromatic hydroxyl groups is 1. The van der Waals surface area contributed by atoms with E-state index in [1.54, 1.807) is 18.2 Å². The molecule has 0 aliphatic carbocycles. The zero-order valence-electron chi connectivity index (χ0n) is 30.7. The second kappa shape index (κ2) is 23.8. The van der Waals surface area contributed by atoms with Crippen molar-refractivity contribution in [1.29, 1.82) is 0 Å². The Morgan fingerprint density at radius 2 is 1.00 bits per heavy atom. The summed E-state index contributed by atoms with van der Waals surface area (Å²) in [4.78, 5) is -0.792. The van der Waals surface area contributed by atoms with Gasteiger partial charge in [-0.3, -0.25) is 4.55 Å². The van der Waals surface area contributed by atoms with Gasteiger partial charge in [0, 0.05) is 6.07 Å². The molecular weight excluding hydrogens is 745 g/mol. The van der Waals surface area contributed by atoms with Gasteiger partial charge in [-0.05, 0) is 73.2 Å². The fraction of sp³-hybridized carbons (Fsp3) is 0.400. The number of hydrogen-bond donors (Lipinski definition) is 2. The smallest absolute Gasteiger partial charge is 0.870 e. The zero-order chi connectivity index (χ0) is 38.0. The van der Waals surface area contributed by atoms with Gasteiger partial charge < -0.3 is 24.2 Å². The third-order valence-corrected chi connectivity index (χ3v) is 10.1. The van der Waals surface area contributed by atoms with Crippen molar-refractivity contribution in [2.24, 2.45) is 0 Å². The molecule has 0 amide bonds. The molecule has 4 aromatic rings. The van der Waals surface area contributed by atoms with E-state index in [-0.39, 0.29) is 59.9 Å². The quantitative estimate of drug-likeness (QED) is 0.0499. The van der Waals surface area contributed by atoms with Gasteiger partial charge in [-0.1, -0.05) is 126 Å². The third kappa shape index (κ3) is 16.6. The van der Waals surface area contributed by atoms with Crippen LogP contribution in [0, 0.1) is 0 Å². The van der Waals surface area contributed by atoms with Crippen LogP contribution >= 0.6 is 0 Å². The van der Waals surface area contributed by atoms with Gasteiger partial charge in [0.15, 0.2) is 11.5 Å². The van der Waals surface area contributed by atoms with Crippen molar-refractivity contribution in [3.63, 3.8) is 0 Å². The van der Waals surface area contributed by atoms with Gasteiger partial charge in [0.2, 0.25) is 0 Å². The van der Waals surface area contributed by atoms with Gasteiger partial charge in [0.1, 0.15) is 27.4 Å². The number of unbranched alkanes of at least 4 members (excludes halogenated alkanes) is 10. The Balaban J connectivity index is 0.000000360. The Labute approximate surface area is 345 Å². The van der Waals surface area contributed by atoms with Gasteiger partial charge in [0.05, 0.1) is 9.79 Å². The van der Waals surface area contributed by atoms with E-state index in [2.05, 4.69) is 13.8 Å². The standard InChI is InChI=1S/2C20H26O5S.Ca/c2*1-2-3-4-5-6-7-10-16-11-8-9-12-19(16)25-20-15-17(26(22,23)24)13-14-18(20)21;/h2*8-9,11-15,21H,2-7,10H2,1H3,(H,22,23,24);/q;;+2/p-2. The second-order valence-electron chi connectivity index (χ2n) is 12.6. The molecule has 0 aliphatic rings. The second-order valence-corrected chi connectivity index (χ2v) is 15.4. The summed E-state index contributed by atoms with van der Waals surface area (Å²) in [5.41, 5.74) is 1.96. The fourth-order valence-corrected chi connectivity index (χ4v) is 6.49. The first-order chi connectivity index (χ1) is 24.8. The number of phenolic OH excluding ortho intramolecular Hbond substituents is 1. The minimum atomic E-state index is -4.64. The Morgan fingerprint density at radius 3 is 1.49 bits per heavy atom. The van der Waals surface area contributed by atoms with Crippen molar-refractivity contribution in [1.82, 2.24) is 0 Å². The zero-order valence-corrected chi connectivity index (χ0v) is 34.5. The molecule has 0 spiro atoms. The number of benzene rings is 4. The fourth-order valence-electron chi connectivity index (χ4n) is 5.51. The Morgan fingerprint density at radius 1 is 0.566 bits per heavy atom. The van der Waals surface area contributed by atoms with Crippen LogP contribution in [-0.2, 0) is 33.1 Å². The minimum Gasteiger partial charge on any atom is -0.870 e. The molecule has 53 heavy (non-hydrogen) atoms.